The summed E-state index contributed by atoms with van der Waals surface area (Å²) in [7, 11) is 1.72. The van der Waals surface area contributed by atoms with Gasteiger partial charge in [0.1, 0.15) is 11.6 Å². The van der Waals surface area contributed by atoms with Crippen LogP contribution in [0.25, 0.3) is 0 Å². The summed E-state index contributed by atoms with van der Waals surface area (Å²) in [5.41, 5.74) is 1.55. The van der Waals surface area contributed by atoms with Gasteiger partial charge < -0.3 is 15.3 Å². The second-order valence-corrected chi connectivity index (χ2v) is 7.86. The summed E-state index contributed by atoms with van der Waals surface area (Å²) in [6.45, 7) is 4.85. The highest BCUT2D eigenvalue weighted by molar-refractivity contribution is 6.30. The molecule has 3 nitrogen and oxygen atoms in total. The molecule has 6 heteroatoms. The number of hydrogen-bond donors (Lipinski definition) is 2. The van der Waals surface area contributed by atoms with Crippen molar-refractivity contribution in [3.63, 3.8) is 0 Å². The van der Waals surface area contributed by atoms with Crippen molar-refractivity contribution >= 4 is 17.3 Å². The van der Waals surface area contributed by atoms with E-state index >= 15 is 0 Å². The van der Waals surface area contributed by atoms with Crippen LogP contribution in [0.1, 0.15) is 31.0 Å². The maximum Gasteiger partial charge on any atom is 0.146 e. The number of nitrogens with zero attached hydrogens (tertiary/aromatic N) is 1. The highest BCUT2D eigenvalue weighted by Crippen LogP contribution is 2.46. The molecule has 0 radical (unpaired) electrons. The molecular weight excluding hydrogens is 358 g/mol. The van der Waals surface area contributed by atoms with Gasteiger partial charge in [-0.3, -0.25) is 0 Å². The third-order valence-corrected chi connectivity index (χ3v) is 5.13. The first kappa shape index (κ1) is 19.1. The van der Waals surface area contributed by atoms with E-state index in [1.54, 1.807) is 19.2 Å². The van der Waals surface area contributed by atoms with Crippen molar-refractivity contribution < 1.29 is 13.9 Å². The Morgan fingerprint density at radius 1 is 1.27 bits per heavy atom. The van der Waals surface area contributed by atoms with E-state index in [2.05, 4.69) is 5.32 Å². The van der Waals surface area contributed by atoms with Crippen molar-refractivity contribution in [2.45, 2.75) is 31.4 Å². The van der Waals surface area contributed by atoms with Gasteiger partial charge in [0.15, 0.2) is 0 Å². The number of likely N-dealkylation sites (N-methyl/N-ethyl adjacent to an activating group) is 1. The van der Waals surface area contributed by atoms with Gasteiger partial charge in [0.25, 0.3) is 0 Å². The second kappa shape index (κ2) is 7.14. The van der Waals surface area contributed by atoms with Crippen molar-refractivity contribution in [1.82, 2.24) is 5.32 Å². The Morgan fingerprint density at radius 3 is 2.65 bits per heavy atom. The van der Waals surface area contributed by atoms with Crippen LogP contribution >= 0.6 is 11.6 Å². The molecular formula is C20H23ClF2N2O. The number of para-hydroxylation sites is 1. The van der Waals surface area contributed by atoms with Crippen molar-refractivity contribution in [1.29, 1.82) is 0 Å². The molecule has 1 aliphatic heterocycles. The fraction of sp³-hybridized carbons (Fsp3) is 0.400. The molecule has 2 aromatic rings. The molecule has 2 N–H and O–H groups in total. The van der Waals surface area contributed by atoms with Crippen molar-refractivity contribution in [3.8, 4) is 0 Å². The molecule has 2 aromatic carbocycles. The summed E-state index contributed by atoms with van der Waals surface area (Å²) >= 11 is 6.04. The number of nitrogens with one attached hydrogen (secondary N) is 1. The number of aliphatic hydroxyl groups is 1. The maximum absolute atomic E-state index is 14.7. The Balaban J connectivity index is 2.15. The van der Waals surface area contributed by atoms with Crippen LogP contribution in [0, 0.1) is 11.6 Å². The predicted octanol–water partition coefficient (Wildman–Crippen LogP) is 4.04. The molecule has 0 fully saturated rings. The Kier molecular flexibility index (Phi) is 5.24. The third kappa shape index (κ3) is 3.43. The first-order valence-corrected chi connectivity index (χ1v) is 8.96. The molecule has 3 rings (SSSR count). The molecule has 26 heavy (non-hydrogen) atoms. The topological polar surface area (TPSA) is 35.5 Å². The van der Waals surface area contributed by atoms with Gasteiger partial charge in [0.2, 0.25) is 0 Å². The van der Waals surface area contributed by atoms with Crippen LogP contribution in [-0.2, 0) is 5.41 Å². The number of hydrogen-bond acceptors (Lipinski definition) is 3. The van der Waals surface area contributed by atoms with Crippen molar-refractivity contribution in [2.24, 2.45) is 0 Å². The van der Waals surface area contributed by atoms with Gasteiger partial charge in [-0.05, 0) is 42.4 Å². The lowest BCUT2D eigenvalue weighted by Crippen LogP contribution is -2.42. The van der Waals surface area contributed by atoms with Crippen LogP contribution in [0.15, 0.2) is 36.4 Å². The molecule has 0 saturated carbocycles. The molecule has 0 aromatic heterocycles. The van der Waals surface area contributed by atoms with Gasteiger partial charge in [-0.15, -0.1) is 0 Å². The first-order chi connectivity index (χ1) is 12.2. The minimum atomic E-state index is -0.876. The SMILES string of the molecule is CNC[C@@H](O)[C@H](c1cc(F)cc(Cl)c1)N1CC(C)(C)c2cccc(F)c21. The molecule has 1 heterocycles. The summed E-state index contributed by atoms with van der Waals surface area (Å²) < 4.78 is 28.7. The van der Waals surface area contributed by atoms with Crippen LogP contribution in [0.5, 0.6) is 0 Å². The van der Waals surface area contributed by atoms with Gasteiger partial charge in [-0.1, -0.05) is 37.6 Å². The number of rotatable bonds is 5. The number of aliphatic hydroxyl groups excluding tert-OH is 1. The monoisotopic (exact) mass is 380 g/mol. The second-order valence-electron chi connectivity index (χ2n) is 7.42. The van der Waals surface area contributed by atoms with Crippen LogP contribution in [0.2, 0.25) is 5.02 Å². The van der Waals surface area contributed by atoms with Gasteiger partial charge in [0, 0.05) is 23.5 Å². The minimum absolute atomic E-state index is 0.244. The standard InChI is InChI=1S/C20H23ClF2N2O/c1-20(2)11-25(19-15(20)5-4-6-16(19)23)18(17(26)10-24-3)12-7-13(21)9-14(22)8-12/h4-9,17-18,24,26H,10-11H2,1-3H3/t17-,18+/m1/s1. The lowest BCUT2D eigenvalue weighted by Gasteiger charge is -2.35. The first-order valence-electron chi connectivity index (χ1n) is 8.59. The number of anilines is 1. The van der Waals surface area contributed by atoms with E-state index in [0.717, 1.165) is 5.56 Å². The third-order valence-electron chi connectivity index (χ3n) is 4.91. The fourth-order valence-electron chi connectivity index (χ4n) is 3.86. The maximum atomic E-state index is 14.7. The number of halogens is 3. The van der Waals surface area contributed by atoms with E-state index < -0.39 is 18.0 Å². The molecule has 0 amide bonds. The highest BCUT2D eigenvalue weighted by atomic mass is 35.5. The van der Waals surface area contributed by atoms with E-state index in [1.165, 1.54) is 18.2 Å². The van der Waals surface area contributed by atoms with Crippen LogP contribution in [0.4, 0.5) is 14.5 Å². The molecule has 1 aliphatic rings. The zero-order chi connectivity index (χ0) is 19.1. The Hall–Kier alpha value is -1.69. The van der Waals surface area contributed by atoms with Gasteiger partial charge >= 0.3 is 0 Å². The average molecular weight is 381 g/mol. The van der Waals surface area contributed by atoms with Crippen molar-refractivity contribution in [2.75, 3.05) is 25.0 Å². The molecule has 0 saturated heterocycles. The largest absolute Gasteiger partial charge is 0.389 e. The van der Waals surface area contributed by atoms with E-state index in [1.807, 2.05) is 24.8 Å². The molecule has 0 unspecified atom stereocenters. The van der Waals surface area contributed by atoms with Crippen LogP contribution in [-0.4, -0.2) is 31.3 Å². The van der Waals surface area contributed by atoms with Gasteiger partial charge in [-0.25, -0.2) is 8.78 Å². The Morgan fingerprint density at radius 2 is 2.00 bits per heavy atom. The van der Waals surface area contributed by atoms with Crippen molar-refractivity contribution in [3.05, 3.63) is 64.2 Å². The van der Waals surface area contributed by atoms with E-state index in [4.69, 9.17) is 11.6 Å². The quantitative estimate of drug-likeness (QED) is 0.821. The lowest BCUT2D eigenvalue weighted by molar-refractivity contribution is 0.139. The summed E-state index contributed by atoms with van der Waals surface area (Å²) in [6.07, 6.45) is -0.876. The summed E-state index contributed by atoms with van der Waals surface area (Å²) in [4.78, 5) is 1.83. The summed E-state index contributed by atoms with van der Waals surface area (Å²) in [6, 6.07) is 8.56. The summed E-state index contributed by atoms with van der Waals surface area (Å²) in [5.74, 6) is -0.835. The van der Waals surface area contributed by atoms with Crippen LogP contribution in [0.3, 0.4) is 0 Å². The molecule has 140 valence electrons. The number of fused-ring (bicyclic) bond motifs is 1. The zero-order valence-corrected chi connectivity index (χ0v) is 15.8. The summed E-state index contributed by atoms with van der Waals surface area (Å²) in [5, 5.41) is 14.0. The minimum Gasteiger partial charge on any atom is -0.389 e. The highest BCUT2D eigenvalue weighted by Gasteiger charge is 2.42. The van der Waals surface area contributed by atoms with Crippen LogP contribution < -0.4 is 10.2 Å². The fourth-order valence-corrected chi connectivity index (χ4v) is 4.09. The predicted molar refractivity (Wildman–Crippen MR) is 101 cm³/mol. The lowest BCUT2D eigenvalue weighted by atomic mass is 9.87. The van der Waals surface area contributed by atoms with E-state index in [9.17, 15) is 13.9 Å². The zero-order valence-electron chi connectivity index (χ0n) is 15.1. The normalized spacial score (nSPS) is 17.9. The van der Waals surface area contributed by atoms with E-state index in [-0.39, 0.29) is 22.8 Å². The molecule has 0 spiro atoms. The molecule has 2 atom stereocenters. The van der Waals surface area contributed by atoms with Gasteiger partial charge in [-0.2, -0.15) is 0 Å². The smallest absolute Gasteiger partial charge is 0.146 e. The molecule has 0 bridgehead atoms. The molecule has 0 aliphatic carbocycles. The number of benzene rings is 2. The van der Waals surface area contributed by atoms with Gasteiger partial charge in [0.05, 0.1) is 17.8 Å². The van der Waals surface area contributed by atoms with E-state index in [0.29, 0.717) is 17.8 Å². The average Bonchev–Trinajstić information content (AvgIpc) is 2.79. The Labute approximate surface area is 157 Å². The Bertz CT molecular complexity index is 792.